The summed E-state index contributed by atoms with van der Waals surface area (Å²) in [6, 6.07) is 10.3. The molecule has 1 aromatic rings. The highest BCUT2D eigenvalue weighted by molar-refractivity contribution is 5.85. The maximum Gasteiger partial charge on any atom is 0.223 e. The van der Waals surface area contributed by atoms with Crippen molar-refractivity contribution >= 4 is 18.3 Å². The molecular weight excluding hydrogens is 272 g/mol. The van der Waals surface area contributed by atoms with Crippen molar-refractivity contribution in [3.63, 3.8) is 0 Å². The highest BCUT2D eigenvalue weighted by Crippen LogP contribution is 2.28. The zero-order valence-electron chi connectivity index (χ0n) is 12.3. The van der Waals surface area contributed by atoms with Gasteiger partial charge in [-0.2, -0.15) is 0 Å². The maximum atomic E-state index is 12.4. The molecule has 1 aliphatic rings. The first-order valence-electron chi connectivity index (χ1n) is 7.06. The number of carbonyl (C=O) groups excluding carboxylic acids is 1. The van der Waals surface area contributed by atoms with E-state index in [4.69, 9.17) is 5.73 Å². The molecule has 0 saturated carbocycles. The Kier molecular flexibility index (Phi) is 6.03. The summed E-state index contributed by atoms with van der Waals surface area (Å²) < 4.78 is 0. The molecule has 1 heterocycles. The molecule has 2 N–H and O–H groups in total. The van der Waals surface area contributed by atoms with Gasteiger partial charge in [-0.05, 0) is 29.9 Å². The van der Waals surface area contributed by atoms with Crippen LogP contribution in [-0.2, 0) is 10.2 Å². The van der Waals surface area contributed by atoms with Gasteiger partial charge in [0.1, 0.15) is 0 Å². The van der Waals surface area contributed by atoms with Crippen molar-refractivity contribution in [2.45, 2.75) is 32.1 Å². The topological polar surface area (TPSA) is 46.3 Å². The van der Waals surface area contributed by atoms with E-state index in [1.807, 2.05) is 23.1 Å². The van der Waals surface area contributed by atoms with Gasteiger partial charge in [0.2, 0.25) is 5.91 Å². The number of likely N-dealkylation sites (tertiary alicyclic amines) is 1. The van der Waals surface area contributed by atoms with Gasteiger partial charge in [-0.15, -0.1) is 12.4 Å². The Morgan fingerprint density at radius 1 is 1.35 bits per heavy atom. The van der Waals surface area contributed by atoms with E-state index in [0.717, 1.165) is 19.5 Å². The normalized spacial score (nSPS) is 18.8. The fourth-order valence-corrected chi connectivity index (χ4v) is 2.73. The molecule has 20 heavy (non-hydrogen) atoms. The summed E-state index contributed by atoms with van der Waals surface area (Å²) in [7, 11) is 0. The number of nitrogens with two attached hydrogens (primary N) is 1. The van der Waals surface area contributed by atoms with Crippen LogP contribution in [0, 0.1) is 5.92 Å². The number of hydrogen-bond donors (Lipinski definition) is 1. The van der Waals surface area contributed by atoms with Gasteiger partial charge in [0, 0.05) is 19.5 Å². The van der Waals surface area contributed by atoms with Crippen molar-refractivity contribution < 1.29 is 4.79 Å². The van der Waals surface area contributed by atoms with Gasteiger partial charge in [-0.3, -0.25) is 4.79 Å². The number of halogens is 1. The Morgan fingerprint density at radius 3 is 2.55 bits per heavy atom. The lowest BCUT2D eigenvalue weighted by atomic mass is 9.81. The Balaban J connectivity index is 0.00000200. The van der Waals surface area contributed by atoms with Crippen molar-refractivity contribution in [2.75, 3.05) is 19.6 Å². The van der Waals surface area contributed by atoms with Crippen LogP contribution in [0.4, 0.5) is 0 Å². The van der Waals surface area contributed by atoms with E-state index < -0.39 is 0 Å². The maximum absolute atomic E-state index is 12.4. The molecule has 1 unspecified atom stereocenters. The average molecular weight is 297 g/mol. The van der Waals surface area contributed by atoms with E-state index in [-0.39, 0.29) is 23.7 Å². The number of amides is 1. The lowest BCUT2D eigenvalue weighted by molar-refractivity contribution is -0.131. The molecule has 1 saturated heterocycles. The third kappa shape index (κ3) is 3.97. The van der Waals surface area contributed by atoms with Crippen LogP contribution in [0.2, 0.25) is 0 Å². The van der Waals surface area contributed by atoms with Crippen LogP contribution in [0.15, 0.2) is 30.3 Å². The second-order valence-electron chi connectivity index (χ2n) is 6.16. The number of hydrogen-bond acceptors (Lipinski definition) is 2. The zero-order valence-corrected chi connectivity index (χ0v) is 13.2. The molecule has 0 aromatic heterocycles. The fourth-order valence-electron chi connectivity index (χ4n) is 2.73. The van der Waals surface area contributed by atoms with Crippen LogP contribution in [-0.4, -0.2) is 30.4 Å². The second-order valence-corrected chi connectivity index (χ2v) is 6.16. The minimum atomic E-state index is -0.112. The van der Waals surface area contributed by atoms with Crippen LogP contribution < -0.4 is 5.73 Å². The first kappa shape index (κ1) is 17.0. The quantitative estimate of drug-likeness (QED) is 0.928. The third-order valence-electron chi connectivity index (χ3n) is 4.12. The summed E-state index contributed by atoms with van der Waals surface area (Å²) in [6.07, 6.45) is 1.61. The molecule has 1 atom stereocenters. The van der Waals surface area contributed by atoms with E-state index >= 15 is 0 Å². The zero-order chi connectivity index (χ0) is 13.9. The van der Waals surface area contributed by atoms with Gasteiger partial charge >= 0.3 is 0 Å². The second kappa shape index (κ2) is 7.09. The van der Waals surface area contributed by atoms with E-state index in [0.29, 0.717) is 18.9 Å². The van der Waals surface area contributed by atoms with E-state index in [2.05, 4.69) is 26.0 Å². The number of rotatable bonds is 4. The summed E-state index contributed by atoms with van der Waals surface area (Å²) in [5, 5.41) is 0. The first-order valence-corrected chi connectivity index (χ1v) is 7.06. The van der Waals surface area contributed by atoms with E-state index in [9.17, 15) is 4.79 Å². The minimum Gasteiger partial charge on any atom is -0.342 e. The summed E-state index contributed by atoms with van der Waals surface area (Å²) >= 11 is 0. The molecule has 1 fully saturated rings. The summed E-state index contributed by atoms with van der Waals surface area (Å²) in [6.45, 7) is 6.66. The molecule has 3 nitrogen and oxygen atoms in total. The van der Waals surface area contributed by atoms with Crippen molar-refractivity contribution in [2.24, 2.45) is 11.7 Å². The monoisotopic (exact) mass is 296 g/mol. The molecular formula is C16H25ClN2O. The predicted octanol–water partition coefficient (Wildman–Crippen LogP) is 2.58. The lowest BCUT2D eigenvalue weighted by Gasteiger charge is -2.27. The van der Waals surface area contributed by atoms with Gasteiger partial charge in [0.05, 0.1) is 0 Å². The Hall–Kier alpha value is -1.06. The van der Waals surface area contributed by atoms with E-state index in [1.54, 1.807) is 0 Å². The molecule has 1 aliphatic heterocycles. The van der Waals surface area contributed by atoms with Crippen LogP contribution in [0.3, 0.4) is 0 Å². The molecule has 2 rings (SSSR count). The first-order chi connectivity index (χ1) is 9.03. The van der Waals surface area contributed by atoms with Crippen LogP contribution in [0.5, 0.6) is 0 Å². The number of benzene rings is 1. The smallest absolute Gasteiger partial charge is 0.223 e. The summed E-state index contributed by atoms with van der Waals surface area (Å²) in [5.74, 6) is 0.744. The lowest BCUT2D eigenvalue weighted by Crippen LogP contribution is -2.34. The Morgan fingerprint density at radius 2 is 2.00 bits per heavy atom. The van der Waals surface area contributed by atoms with Crippen molar-refractivity contribution in [1.29, 1.82) is 0 Å². The van der Waals surface area contributed by atoms with Gasteiger partial charge in [-0.25, -0.2) is 0 Å². The predicted molar refractivity (Wildman–Crippen MR) is 85.1 cm³/mol. The van der Waals surface area contributed by atoms with Crippen LogP contribution in [0.1, 0.15) is 32.3 Å². The van der Waals surface area contributed by atoms with Crippen LogP contribution >= 0.6 is 12.4 Å². The number of nitrogens with zero attached hydrogens (tertiary/aromatic N) is 1. The largest absolute Gasteiger partial charge is 0.342 e. The number of carbonyl (C=O) groups is 1. The molecule has 1 amide bonds. The highest BCUT2D eigenvalue weighted by Gasteiger charge is 2.30. The molecule has 112 valence electrons. The van der Waals surface area contributed by atoms with Crippen molar-refractivity contribution in [3.8, 4) is 0 Å². The molecule has 0 aliphatic carbocycles. The third-order valence-corrected chi connectivity index (χ3v) is 4.12. The SMILES string of the molecule is CC(C)(CC(=O)N1CCC(CN)C1)c1ccccc1.Cl. The van der Waals surface area contributed by atoms with Gasteiger partial charge in [0.25, 0.3) is 0 Å². The summed E-state index contributed by atoms with van der Waals surface area (Å²) in [4.78, 5) is 14.4. The fraction of sp³-hybridized carbons (Fsp3) is 0.562. The Bertz CT molecular complexity index is 433. The van der Waals surface area contributed by atoms with Crippen molar-refractivity contribution in [3.05, 3.63) is 35.9 Å². The molecule has 0 bridgehead atoms. The van der Waals surface area contributed by atoms with Gasteiger partial charge < -0.3 is 10.6 Å². The average Bonchev–Trinajstić information content (AvgIpc) is 2.88. The van der Waals surface area contributed by atoms with Gasteiger partial charge in [-0.1, -0.05) is 44.2 Å². The molecule has 0 spiro atoms. The van der Waals surface area contributed by atoms with Crippen molar-refractivity contribution in [1.82, 2.24) is 4.90 Å². The highest BCUT2D eigenvalue weighted by atomic mass is 35.5. The van der Waals surface area contributed by atoms with Crippen LogP contribution in [0.25, 0.3) is 0 Å². The van der Waals surface area contributed by atoms with E-state index in [1.165, 1.54) is 5.56 Å². The minimum absolute atomic E-state index is 0. The Labute approximate surface area is 127 Å². The standard InChI is InChI=1S/C16H24N2O.ClH/c1-16(2,14-6-4-3-5-7-14)10-15(19)18-9-8-13(11-17)12-18;/h3-7,13H,8-12,17H2,1-2H3;1H. The summed E-state index contributed by atoms with van der Waals surface area (Å²) in [5.41, 5.74) is 6.78. The molecule has 1 aromatic carbocycles. The molecule has 0 radical (unpaired) electrons. The molecule has 4 heteroatoms. The van der Waals surface area contributed by atoms with Gasteiger partial charge in [0.15, 0.2) is 0 Å².